The summed E-state index contributed by atoms with van der Waals surface area (Å²) in [5.41, 5.74) is 33.6. The Morgan fingerprint density at radius 2 is 0.649 bits per heavy atom. The van der Waals surface area contributed by atoms with Gasteiger partial charge in [-0.2, -0.15) is 0 Å². The highest BCUT2D eigenvalue weighted by atomic mass is 15.0. The molecule has 0 amide bonds. The average molecular weight is 1240 g/mol. The molecule has 458 valence electrons. The van der Waals surface area contributed by atoms with Crippen LogP contribution in [0.1, 0.15) is 41.6 Å². The second kappa shape index (κ2) is 25.9. The van der Waals surface area contributed by atoms with Crippen molar-refractivity contribution in [3.63, 3.8) is 0 Å². The molecule has 17 rings (SSSR count). The van der Waals surface area contributed by atoms with Crippen molar-refractivity contribution in [2.45, 2.75) is 25.7 Å². The van der Waals surface area contributed by atoms with Crippen molar-refractivity contribution in [3.8, 4) is 129 Å². The fourth-order valence-corrected chi connectivity index (χ4v) is 14.4. The van der Waals surface area contributed by atoms with Gasteiger partial charge < -0.3 is 4.57 Å². The summed E-state index contributed by atoms with van der Waals surface area (Å²) in [6, 6.07) is 121. The molecule has 0 aliphatic heterocycles. The highest BCUT2D eigenvalue weighted by Gasteiger charge is 2.20. The van der Waals surface area contributed by atoms with Gasteiger partial charge in [0.15, 0.2) is 5.82 Å². The van der Waals surface area contributed by atoms with E-state index in [0.29, 0.717) is 5.82 Å². The zero-order valence-corrected chi connectivity index (χ0v) is 53.7. The fraction of sp³-hybridized carbons (Fsp3) is 0.0426. The molecule has 2 aliphatic rings. The third-order valence-electron chi connectivity index (χ3n) is 19.3. The number of aromatic nitrogens is 3. The van der Waals surface area contributed by atoms with E-state index in [-0.39, 0.29) is 0 Å². The first-order valence-electron chi connectivity index (χ1n) is 33.8. The molecule has 0 N–H and O–H groups in total. The van der Waals surface area contributed by atoms with E-state index < -0.39 is 0 Å². The van der Waals surface area contributed by atoms with Crippen LogP contribution < -0.4 is 0 Å². The molecule has 2 aromatic heterocycles. The first-order chi connectivity index (χ1) is 48.0. The van der Waals surface area contributed by atoms with E-state index in [1.807, 2.05) is 0 Å². The molecule has 2 aliphatic carbocycles. The number of allylic oxidation sites excluding steroid dienone is 5. The Morgan fingerprint density at radius 1 is 0.268 bits per heavy atom. The van der Waals surface area contributed by atoms with Crippen LogP contribution in [0, 0.1) is 0 Å². The van der Waals surface area contributed by atoms with Crippen molar-refractivity contribution in [2.24, 2.45) is 0 Å². The molecular weight excluding hydrogens is 1170 g/mol. The normalized spacial score (nSPS) is 12.7. The molecule has 97 heavy (non-hydrogen) atoms. The van der Waals surface area contributed by atoms with Crippen molar-refractivity contribution >= 4 is 28.1 Å². The Bertz CT molecular complexity index is 5570. The lowest BCUT2D eigenvalue weighted by atomic mass is 9.88. The summed E-state index contributed by atoms with van der Waals surface area (Å²) in [5.74, 6) is 0.666. The molecule has 0 spiro atoms. The number of fused-ring (bicyclic) bond motifs is 3. The summed E-state index contributed by atoms with van der Waals surface area (Å²) >= 11 is 0. The van der Waals surface area contributed by atoms with Gasteiger partial charge in [0.25, 0.3) is 0 Å². The predicted molar refractivity (Wildman–Crippen MR) is 408 cm³/mol. The highest BCUT2D eigenvalue weighted by Crippen LogP contribution is 2.40. The molecule has 0 saturated heterocycles. The van der Waals surface area contributed by atoms with Gasteiger partial charge in [0.05, 0.1) is 16.9 Å². The number of benzene rings is 13. The smallest absolute Gasteiger partial charge is 0.160 e. The Labute approximate surface area is 567 Å². The Kier molecular flexibility index (Phi) is 15.6. The minimum Gasteiger partial charge on any atom is -0.313 e. The molecule has 0 radical (unpaired) electrons. The van der Waals surface area contributed by atoms with E-state index in [0.717, 1.165) is 87.1 Å². The first kappa shape index (κ1) is 58.5. The molecule has 0 saturated carbocycles. The second-order valence-electron chi connectivity index (χ2n) is 25.5. The second-order valence-corrected chi connectivity index (χ2v) is 25.5. The van der Waals surface area contributed by atoms with Gasteiger partial charge in [-0.25, -0.2) is 9.97 Å². The molecule has 0 atom stereocenters. The average Bonchev–Trinajstić information content (AvgIpc) is 1.78. The lowest BCUT2D eigenvalue weighted by molar-refractivity contribution is 0.889. The van der Waals surface area contributed by atoms with Crippen LogP contribution in [0.4, 0.5) is 0 Å². The number of hydrogen-bond acceptors (Lipinski definition) is 2. The number of nitrogens with zero attached hydrogens (tertiary/aromatic N) is 3. The minimum atomic E-state index is 0.666. The van der Waals surface area contributed by atoms with Crippen molar-refractivity contribution in [3.05, 3.63) is 374 Å². The van der Waals surface area contributed by atoms with Gasteiger partial charge in [-0.15, -0.1) is 0 Å². The van der Waals surface area contributed by atoms with E-state index in [9.17, 15) is 0 Å². The van der Waals surface area contributed by atoms with Crippen molar-refractivity contribution in [1.29, 1.82) is 0 Å². The van der Waals surface area contributed by atoms with E-state index in [2.05, 4.69) is 363 Å². The summed E-state index contributed by atoms with van der Waals surface area (Å²) < 4.78 is 2.47. The molecule has 0 unspecified atom stereocenters. The van der Waals surface area contributed by atoms with Crippen molar-refractivity contribution in [1.82, 2.24) is 14.5 Å². The number of para-hydroxylation sites is 1. The zero-order chi connectivity index (χ0) is 64.4. The molecular formula is C94H67N3. The minimum absolute atomic E-state index is 0.666. The van der Waals surface area contributed by atoms with Crippen LogP contribution in [-0.2, 0) is 6.42 Å². The van der Waals surface area contributed by atoms with Crippen LogP contribution in [0.25, 0.3) is 157 Å². The maximum Gasteiger partial charge on any atom is 0.160 e. The monoisotopic (exact) mass is 1240 g/mol. The third-order valence-corrected chi connectivity index (χ3v) is 19.3. The summed E-state index contributed by atoms with van der Waals surface area (Å²) in [6.07, 6.45) is 13.4. The molecule has 13 aromatic carbocycles. The quantitative estimate of drug-likeness (QED) is 0.109. The molecule has 2 heterocycles. The van der Waals surface area contributed by atoms with Gasteiger partial charge in [0.2, 0.25) is 0 Å². The Morgan fingerprint density at radius 3 is 1.20 bits per heavy atom. The van der Waals surface area contributed by atoms with Crippen LogP contribution in [0.3, 0.4) is 0 Å². The van der Waals surface area contributed by atoms with Gasteiger partial charge in [0, 0.05) is 39.0 Å². The molecule has 15 aromatic rings. The van der Waals surface area contributed by atoms with Crippen molar-refractivity contribution < 1.29 is 0 Å². The van der Waals surface area contributed by atoms with E-state index >= 15 is 0 Å². The van der Waals surface area contributed by atoms with Crippen LogP contribution in [0.2, 0.25) is 0 Å². The summed E-state index contributed by atoms with van der Waals surface area (Å²) in [4.78, 5) is 11.0. The Balaban J connectivity index is 0.702. The maximum absolute atomic E-state index is 5.49. The third kappa shape index (κ3) is 12.0. The molecule has 3 heteroatoms. The standard InChI is InChI=1S/C94H67N3/c1-3-21-64(22-4-1)68-25-11-28-71(53-68)74-31-14-33-76(56-74)73-30-13-27-70(55-73)66-49-51-67(52-50-66)90-63-91(85-42-18-39-82(60-85)79-36-16-35-78(58-79)77-34-15-32-75(57-77)72-29-12-26-69(54-72)65-23-5-2-6-24-65)96-94(95-90)86-43-19-40-83(61-86)80-37-17-38-81(59-80)84-41-20-44-87(62-84)97-92-47-9-7-45-88(92)89-46-8-10-48-93(89)97/h1-9,11-15,17-34,36-47,49-63H,10,16,35,48H2. The van der Waals surface area contributed by atoms with Crippen LogP contribution in [0.5, 0.6) is 0 Å². The zero-order valence-electron chi connectivity index (χ0n) is 53.7. The van der Waals surface area contributed by atoms with Gasteiger partial charge in [-0.05, 0) is 210 Å². The lowest BCUT2D eigenvalue weighted by Crippen LogP contribution is -2.03. The maximum atomic E-state index is 5.49. The van der Waals surface area contributed by atoms with Gasteiger partial charge in [-0.3, -0.25) is 0 Å². The predicted octanol–water partition coefficient (Wildman–Crippen LogP) is 25.0. The topological polar surface area (TPSA) is 30.7 Å². The fourth-order valence-electron chi connectivity index (χ4n) is 14.4. The SMILES string of the molecule is C1=Cc2c(n(-c3cccc(-c4cccc(-c5cccc(-c6nc(-c7ccc(-c8cccc(-c9cccc(-c%10cccc(-c%11ccccc%11)c%10)c9)c8)cc7)cc(-c7cccc(C8=CCCC(c9cccc(-c%10cccc(-c%11ccccc%11)c%10)c9)=C8)c7)n6)c5)c4)c3)c3ccccc23)CC1. The summed E-state index contributed by atoms with van der Waals surface area (Å²) in [5, 5.41) is 1.30. The summed E-state index contributed by atoms with van der Waals surface area (Å²) in [6.45, 7) is 0. The largest absolute Gasteiger partial charge is 0.313 e. The van der Waals surface area contributed by atoms with E-state index in [4.69, 9.17) is 9.97 Å². The summed E-state index contributed by atoms with van der Waals surface area (Å²) in [7, 11) is 0. The van der Waals surface area contributed by atoms with Crippen LogP contribution in [0.15, 0.2) is 352 Å². The van der Waals surface area contributed by atoms with Gasteiger partial charge >= 0.3 is 0 Å². The lowest BCUT2D eigenvalue weighted by Gasteiger charge is -2.17. The number of rotatable bonds is 14. The molecule has 0 bridgehead atoms. The highest BCUT2D eigenvalue weighted by molar-refractivity contribution is 5.94. The van der Waals surface area contributed by atoms with Crippen LogP contribution >= 0.6 is 0 Å². The van der Waals surface area contributed by atoms with Gasteiger partial charge in [-0.1, -0.05) is 285 Å². The van der Waals surface area contributed by atoms with E-state index in [1.54, 1.807) is 0 Å². The van der Waals surface area contributed by atoms with E-state index in [1.165, 1.54) is 106 Å². The first-order valence-corrected chi connectivity index (χ1v) is 33.8. The van der Waals surface area contributed by atoms with Crippen molar-refractivity contribution in [2.75, 3.05) is 0 Å². The van der Waals surface area contributed by atoms with Gasteiger partial charge in [0.1, 0.15) is 0 Å². The van der Waals surface area contributed by atoms with Crippen LogP contribution in [-0.4, -0.2) is 14.5 Å². The Hall–Kier alpha value is -12.3. The molecule has 3 nitrogen and oxygen atoms in total. The number of hydrogen-bond donors (Lipinski definition) is 0. The molecule has 0 fully saturated rings.